The topological polar surface area (TPSA) is 165 Å². The van der Waals surface area contributed by atoms with E-state index in [2.05, 4.69) is 33.4 Å². The molecule has 5 rings (SSSR count). The van der Waals surface area contributed by atoms with E-state index < -0.39 is 33.9 Å². The lowest BCUT2D eigenvalue weighted by Crippen LogP contribution is -2.35. The number of anilines is 2. The number of benzene rings is 3. The van der Waals surface area contributed by atoms with Crippen LogP contribution in [0.5, 0.6) is 11.5 Å². The zero-order chi connectivity index (χ0) is 42.6. The standard InChI is InChI=1S/C45H54N4O10S/c1-4-34-17-16-18-35(29-34)49(43-39-30-41(56-27-25-54-2)42(57-28-26-55-3)31-40(39)47-33-48-43)45(51)59-37(32-60(52,53)38-22-13-8-14-23-38)21-12-9-15-24-46-44(50)58-36-19-10-6-5-7-11-20-36/h1,5-6,8,13-14,16-18,22-23,29-31,33,36-37H,7,9-12,15,19-21,24-28,32H2,2-3H3,(H,46,50)/b6-5+. The van der Waals surface area contributed by atoms with Crippen molar-refractivity contribution in [1.29, 1.82) is 0 Å². The minimum absolute atomic E-state index is 0.110. The molecule has 60 heavy (non-hydrogen) atoms. The normalized spacial score (nSPS) is 15.1. The highest BCUT2D eigenvalue weighted by Gasteiger charge is 2.30. The lowest BCUT2D eigenvalue weighted by Gasteiger charge is -2.26. The molecule has 3 aromatic carbocycles. The van der Waals surface area contributed by atoms with Gasteiger partial charge in [-0.05, 0) is 87.8 Å². The summed E-state index contributed by atoms with van der Waals surface area (Å²) in [5.41, 5.74) is 1.25. The predicted octanol–water partition coefficient (Wildman–Crippen LogP) is 7.95. The lowest BCUT2D eigenvalue weighted by atomic mass is 10.0. The van der Waals surface area contributed by atoms with Crippen LogP contribution in [-0.4, -0.2) is 95.7 Å². The average molecular weight is 843 g/mol. The van der Waals surface area contributed by atoms with E-state index >= 15 is 0 Å². The molecule has 2 atom stereocenters. The van der Waals surface area contributed by atoms with Gasteiger partial charge in [-0.25, -0.2) is 32.9 Å². The van der Waals surface area contributed by atoms with E-state index in [9.17, 15) is 18.0 Å². The Kier molecular flexibility index (Phi) is 18.0. The Morgan fingerprint density at radius 1 is 0.883 bits per heavy atom. The summed E-state index contributed by atoms with van der Waals surface area (Å²) >= 11 is 0. The molecule has 1 aromatic heterocycles. The first-order valence-electron chi connectivity index (χ1n) is 20.2. The van der Waals surface area contributed by atoms with Crippen molar-refractivity contribution in [1.82, 2.24) is 15.3 Å². The van der Waals surface area contributed by atoms with Crippen LogP contribution in [0, 0.1) is 12.3 Å². The maximum atomic E-state index is 14.6. The summed E-state index contributed by atoms with van der Waals surface area (Å²) in [4.78, 5) is 37.5. The maximum Gasteiger partial charge on any atom is 0.420 e. The van der Waals surface area contributed by atoms with Crippen molar-refractivity contribution in [2.24, 2.45) is 0 Å². The maximum absolute atomic E-state index is 14.6. The number of sulfone groups is 1. The zero-order valence-corrected chi connectivity index (χ0v) is 35.1. The summed E-state index contributed by atoms with van der Waals surface area (Å²) < 4.78 is 61.6. The summed E-state index contributed by atoms with van der Waals surface area (Å²) in [6, 6.07) is 18.1. The molecule has 4 aromatic rings. The molecule has 14 nitrogen and oxygen atoms in total. The number of terminal acetylenes is 1. The number of hydrogen-bond donors (Lipinski definition) is 1. The van der Waals surface area contributed by atoms with Crippen LogP contribution < -0.4 is 19.7 Å². The van der Waals surface area contributed by atoms with Crippen molar-refractivity contribution >= 4 is 44.4 Å². The Bertz CT molecular complexity index is 2180. The smallest absolute Gasteiger partial charge is 0.420 e. The number of amides is 2. The molecule has 0 radical (unpaired) electrons. The third kappa shape index (κ3) is 13.7. The van der Waals surface area contributed by atoms with Gasteiger partial charge in [0.05, 0.1) is 35.1 Å². The highest BCUT2D eigenvalue weighted by molar-refractivity contribution is 7.91. The number of hydrogen-bond acceptors (Lipinski definition) is 12. The van der Waals surface area contributed by atoms with Crippen molar-refractivity contribution in [3.63, 3.8) is 0 Å². The van der Waals surface area contributed by atoms with E-state index in [4.69, 9.17) is 34.8 Å². The van der Waals surface area contributed by atoms with Gasteiger partial charge in [-0.2, -0.15) is 0 Å². The Morgan fingerprint density at radius 3 is 2.38 bits per heavy atom. The zero-order valence-electron chi connectivity index (χ0n) is 34.3. The third-order valence-corrected chi connectivity index (χ3v) is 11.5. The Hall–Kier alpha value is -5.69. The van der Waals surface area contributed by atoms with E-state index in [-0.39, 0.29) is 36.5 Å². The van der Waals surface area contributed by atoms with Crippen LogP contribution >= 0.6 is 0 Å². The number of methoxy groups -OCH3 is 2. The van der Waals surface area contributed by atoms with Gasteiger partial charge in [0.25, 0.3) is 0 Å². The molecule has 0 fully saturated rings. The third-order valence-electron chi connectivity index (χ3n) is 9.68. The number of fused-ring (bicyclic) bond motifs is 1. The molecule has 0 saturated carbocycles. The van der Waals surface area contributed by atoms with Crippen molar-refractivity contribution in [3.8, 4) is 23.8 Å². The number of alkyl carbamates (subject to hydrolysis) is 1. The molecule has 0 spiro atoms. The predicted molar refractivity (Wildman–Crippen MR) is 229 cm³/mol. The molecule has 0 bridgehead atoms. The molecule has 15 heteroatoms. The first-order valence-corrected chi connectivity index (χ1v) is 21.8. The van der Waals surface area contributed by atoms with Crippen molar-refractivity contribution in [2.75, 3.05) is 57.8 Å². The van der Waals surface area contributed by atoms with E-state index in [0.29, 0.717) is 72.7 Å². The minimum Gasteiger partial charge on any atom is -0.487 e. The fraction of sp³-hybridized carbons (Fsp3) is 0.422. The number of nitrogens with zero attached hydrogens (tertiary/aromatic N) is 3. The number of unbranched alkanes of at least 4 members (excludes halogenated alkanes) is 2. The molecule has 1 N–H and O–H groups in total. The molecule has 1 aliphatic carbocycles. The fourth-order valence-electron chi connectivity index (χ4n) is 6.61. The van der Waals surface area contributed by atoms with Crippen LogP contribution in [0.25, 0.3) is 10.9 Å². The first-order chi connectivity index (χ1) is 29.2. The summed E-state index contributed by atoms with van der Waals surface area (Å²) in [6.07, 6.45) is 15.3. The highest BCUT2D eigenvalue weighted by atomic mass is 32.2. The SMILES string of the molecule is C#Cc1cccc(N(C(=O)OC(CCCCCNC(=O)OC2CC/C=C/CCC2)CS(=O)(=O)c2ccccc2)c2ncnc3cc(OCCOC)c(OCCOC)cc23)c1. The molecular formula is C45H54N4O10S. The van der Waals surface area contributed by atoms with Crippen LogP contribution in [-0.2, 0) is 28.8 Å². The van der Waals surface area contributed by atoms with Gasteiger partial charge >= 0.3 is 12.2 Å². The van der Waals surface area contributed by atoms with Crippen LogP contribution in [0.3, 0.4) is 0 Å². The number of aromatic nitrogens is 2. The molecule has 0 saturated heterocycles. The van der Waals surface area contributed by atoms with Crippen LogP contribution in [0.4, 0.5) is 21.1 Å². The Labute approximate surface area is 352 Å². The molecule has 2 unspecified atom stereocenters. The quantitative estimate of drug-likeness (QED) is 0.0490. The summed E-state index contributed by atoms with van der Waals surface area (Å²) in [7, 11) is -0.758. The van der Waals surface area contributed by atoms with E-state index in [1.165, 1.54) is 23.4 Å². The van der Waals surface area contributed by atoms with E-state index in [1.54, 1.807) is 68.8 Å². The van der Waals surface area contributed by atoms with Gasteiger partial charge in [-0.3, -0.25) is 0 Å². The average Bonchev–Trinajstić information content (AvgIpc) is 3.23. The first kappa shape index (κ1) is 45.4. The van der Waals surface area contributed by atoms with Gasteiger partial charge in [-0.1, -0.05) is 48.8 Å². The second-order valence-corrected chi connectivity index (χ2v) is 16.1. The van der Waals surface area contributed by atoms with Gasteiger partial charge in [0.15, 0.2) is 27.2 Å². The largest absolute Gasteiger partial charge is 0.487 e. The van der Waals surface area contributed by atoms with Gasteiger partial charge in [-0.15, -0.1) is 6.42 Å². The van der Waals surface area contributed by atoms with Gasteiger partial charge in [0.1, 0.15) is 31.7 Å². The number of rotatable bonds is 21. The lowest BCUT2D eigenvalue weighted by molar-refractivity contribution is 0.0861. The molecule has 1 aliphatic rings. The fourth-order valence-corrected chi connectivity index (χ4v) is 8.10. The van der Waals surface area contributed by atoms with Gasteiger partial charge in [0.2, 0.25) is 0 Å². The van der Waals surface area contributed by atoms with Gasteiger partial charge in [0, 0.05) is 37.8 Å². The Balaban J connectivity index is 1.39. The molecule has 2 amide bonds. The summed E-state index contributed by atoms with van der Waals surface area (Å²) in [5, 5.41) is 3.25. The molecule has 1 heterocycles. The second-order valence-electron chi connectivity index (χ2n) is 14.1. The van der Waals surface area contributed by atoms with Crippen LogP contribution in [0.1, 0.15) is 63.4 Å². The summed E-state index contributed by atoms with van der Waals surface area (Å²) in [6.45, 7) is 1.47. The Morgan fingerprint density at radius 2 is 1.63 bits per heavy atom. The van der Waals surface area contributed by atoms with Gasteiger partial charge < -0.3 is 33.7 Å². The number of ether oxygens (including phenoxy) is 6. The number of nitrogens with one attached hydrogen (secondary N) is 1. The molecule has 320 valence electrons. The van der Waals surface area contributed by atoms with Crippen LogP contribution in [0.15, 0.2) is 90.1 Å². The highest BCUT2D eigenvalue weighted by Crippen LogP contribution is 2.38. The van der Waals surface area contributed by atoms with Crippen LogP contribution in [0.2, 0.25) is 0 Å². The second kappa shape index (κ2) is 23.8. The molecule has 0 aliphatic heterocycles. The number of allylic oxidation sites excluding steroid dienone is 2. The number of carbonyl (C=O) groups excluding carboxylic acids is 2. The van der Waals surface area contributed by atoms with Crippen molar-refractivity contribution < 1.29 is 46.4 Å². The van der Waals surface area contributed by atoms with Crippen molar-refractivity contribution in [2.45, 2.75) is 74.9 Å². The minimum atomic E-state index is -3.89. The monoisotopic (exact) mass is 842 g/mol. The number of carbonyl (C=O) groups is 2. The summed E-state index contributed by atoms with van der Waals surface area (Å²) in [5.74, 6) is 3.02. The van der Waals surface area contributed by atoms with E-state index in [1.807, 2.05) is 0 Å². The van der Waals surface area contributed by atoms with Crippen molar-refractivity contribution in [3.05, 3.63) is 90.8 Å². The molecular weight excluding hydrogens is 789 g/mol. The van der Waals surface area contributed by atoms with E-state index in [0.717, 1.165) is 32.1 Å².